The lowest BCUT2D eigenvalue weighted by molar-refractivity contribution is 0.407. The van der Waals surface area contributed by atoms with Crippen molar-refractivity contribution in [2.75, 3.05) is 7.11 Å². The maximum absolute atomic E-state index is 13.6. The molecule has 82 valence electrons. The third-order valence-corrected chi connectivity index (χ3v) is 2.20. The molecular weight excluding hydrogens is 212 g/mol. The van der Waals surface area contributed by atoms with Crippen LogP contribution in [-0.4, -0.2) is 12.1 Å². The van der Waals surface area contributed by atoms with Gasteiger partial charge in [0, 0.05) is 30.1 Å². The smallest absolute Gasteiger partial charge is 0.137 e. The minimum absolute atomic E-state index is 0.0890. The highest BCUT2D eigenvalue weighted by molar-refractivity contribution is 5.64. The van der Waals surface area contributed by atoms with Crippen LogP contribution < -0.4 is 4.74 Å². The number of pyridine rings is 1. The summed E-state index contributed by atoms with van der Waals surface area (Å²) in [5.41, 5.74) is 0.314. The molecule has 2 rings (SSSR count). The van der Waals surface area contributed by atoms with E-state index in [0.717, 1.165) is 12.1 Å². The largest absolute Gasteiger partial charge is 0.497 e. The molecule has 0 bridgehead atoms. The second kappa shape index (κ2) is 4.26. The van der Waals surface area contributed by atoms with Crippen molar-refractivity contribution in [1.29, 1.82) is 0 Å². The van der Waals surface area contributed by atoms with Crippen LogP contribution >= 0.6 is 0 Å². The quantitative estimate of drug-likeness (QED) is 0.777. The lowest BCUT2D eigenvalue weighted by atomic mass is 10.1. The van der Waals surface area contributed by atoms with Gasteiger partial charge in [-0.2, -0.15) is 0 Å². The molecule has 0 spiro atoms. The Morgan fingerprint density at radius 1 is 1.19 bits per heavy atom. The molecule has 0 aliphatic heterocycles. The van der Waals surface area contributed by atoms with Crippen molar-refractivity contribution >= 4 is 0 Å². The molecule has 0 radical (unpaired) electrons. The van der Waals surface area contributed by atoms with Gasteiger partial charge in [-0.25, -0.2) is 8.78 Å². The predicted octanol–water partition coefficient (Wildman–Crippen LogP) is 3.04. The molecule has 2 nitrogen and oxygen atoms in total. The minimum atomic E-state index is -0.662. The van der Waals surface area contributed by atoms with Gasteiger partial charge in [0.1, 0.15) is 17.4 Å². The van der Waals surface area contributed by atoms with Gasteiger partial charge in [-0.3, -0.25) is 4.98 Å². The molecule has 4 heteroatoms. The molecule has 0 atom stereocenters. The van der Waals surface area contributed by atoms with Gasteiger partial charge in [0.25, 0.3) is 0 Å². The second-order valence-electron chi connectivity index (χ2n) is 3.21. The lowest BCUT2D eigenvalue weighted by Gasteiger charge is -2.07. The van der Waals surface area contributed by atoms with E-state index in [2.05, 4.69) is 4.98 Å². The Labute approximate surface area is 91.5 Å². The monoisotopic (exact) mass is 221 g/mol. The highest BCUT2D eigenvalue weighted by atomic mass is 19.1. The van der Waals surface area contributed by atoms with Crippen LogP contribution in [0.2, 0.25) is 0 Å². The molecule has 0 unspecified atom stereocenters. The summed E-state index contributed by atoms with van der Waals surface area (Å²) in [6.07, 6.45) is 2.96. The molecule has 0 N–H and O–H groups in total. The average Bonchev–Trinajstić information content (AvgIpc) is 2.29. The van der Waals surface area contributed by atoms with Gasteiger partial charge in [0.05, 0.1) is 12.7 Å². The topological polar surface area (TPSA) is 22.1 Å². The molecule has 0 aliphatic carbocycles. The Hall–Kier alpha value is -1.97. The predicted molar refractivity (Wildman–Crippen MR) is 56.1 cm³/mol. The molecule has 0 saturated carbocycles. The van der Waals surface area contributed by atoms with Gasteiger partial charge in [0.2, 0.25) is 0 Å². The fourth-order valence-corrected chi connectivity index (χ4v) is 1.45. The molecule has 1 aromatic heterocycles. The summed E-state index contributed by atoms with van der Waals surface area (Å²) in [5, 5.41) is 0. The van der Waals surface area contributed by atoms with Crippen molar-refractivity contribution in [2.24, 2.45) is 0 Å². The Balaban J connectivity index is 2.58. The first-order valence-electron chi connectivity index (χ1n) is 4.66. The molecule has 16 heavy (non-hydrogen) atoms. The molecular formula is C12H9F2NO. The van der Waals surface area contributed by atoms with E-state index in [1.807, 2.05) is 0 Å². The van der Waals surface area contributed by atoms with E-state index in [1.165, 1.54) is 13.3 Å². The van der Waals surface area contributed by atoms with Gasteiger partial charge >= 0.3 is 0 Å². The first-order valence-corrected chi connectivity index (χ1v) is 4.66. The van der Waals surface area contributed by atoms with Gasteiger partial charge in [-0.15, -0.1) is 0 Å². The third kappa shape index (κ3) is 1.86. The molecule has 0 fully saturated rings. The van der Waals surface area contributed by atoms with Crippen LogP contribution in [0.5, 0.6) is 5.75 Å². The van der Waals surface area contributed by atoms with Crippen molar-refractivity contribution in [2.45, 2.75) is 0 Å². The van der Waals surface area contributed by atoms with Gasteiger partial charge in [0.15, 0.2) is 0 Å². The number of halogens is 2. The second-order valence-corrected chi connectivity index (χ2v) is 3.21. The Bertz CT molecular complexity index is 477. The standard InChI is InChI=1S/C12H9F2NO/c1-16-9-5-10(13)12(11(14)6-9)8-3-2-4-15-7-8/h2-7H,1H3. The summed E-state index contributed by atoms with van der Waals surface area (Å²) in [4.78, 5) is 3.82. The zero-order valence-corrected chi connectivity index (χ0v) is 8.58. The van der Waals surface area contributed by atoms with Crippen LogP contribution in [0, 0.1) is 11.6 Å². The van der Waals surface area contributed by atoms with Crippen molar-refractivity contribution in [3.8, 4) is 16.9 Å². The van der Waals surface area contributed by atoms with Crippen molar-refractivity contribution in [1.82, 2.24) is 4.98 Å². The number of aromatic nitrogens is 1. The van der Waals surface area contributed by atoms with Crippen LogP contribution in [0.3, 0.4) is 0 Å². The maximum atomic E-state index is 13.6. The van der Waals surface area contributed by atoms with Crippen LogP contribution in [0.15, 0.2) is 36.7 Å². The molecule has 1 aromatic carbocycles. The molecule has 0 saturated heterocycles. The van der Waals surface area contributed by atoms with Crippen molar-refractivity contribution in [3.05, 3.63) is 48.3 Å². The summed E-state index contributed by atoms with van der Waals surface area (Å²) >= 11 is 0. The number of methoxy groups -OCH3 is 1. The number of hydrogen-bond donors (Lipinski definition) is 0. The van der Waals surface area contributed by atoms with E-state index in [-0.39, 0.29) is 11.3 Å². The van der Waals surface area contributed by atoms with Crippen LogP contribution in [0.1, 0.15) is 0 Å². The van der Waals surface area contributed by atoms with Crippen molar-refractivity contribution < 1.29 is 13.5 Å². The fourth-order valence-electron chi connectivity index (χ4n) is 1.45. The van der Waals surface area contributed by atoms with Crippen LogP contribution in [0.25, 0.3) is 11.1 Å². The molecule has 0 aliphatic rings. The van der Waals surface area contributed by atoms with Crippen LogP contribution in [0.4, 0.5) is 8.78 Å². The zero-order chi connectivity index (χ0) is 11.5. The van der Waals surface area contributed by atoms with Gasteiger partial charge in [-0.05, 0) is 6.07 Å². The highest BCUT2D eigenvalue weighted by Gasteiger charge is 2.13. The van der Waals surface area contributed by atoms with E-state index >= 15 is 0 Å². The average molecular weight is 221 g/mol. The number of benzene rings is 1. The summed E-state index contributed by atoms with van der Waals surface area (Å²) in [5.74, 6) is -1.17. The maximum Gasteiger partial charge on any atom is 0.137 e. The summed E-state index contributed by atoms with van der Waals surface area (Å²) in [6.45, 7) is 0. The zero-order valence-electron chi connectivity index (χ0n) is 8.58. The Morgan fingerprint density at radius 3 is 2.38 bits per heavy atom. The normalized spacial score (nSPS) is 10.2. The fraction of sp³-hybridized carbons (Fsp3) is 0.0833. The van der Waals surface area contributed by atoms with E-state index in [1.54, 1.807) is 18.3 Å². The van der Waals surface area contributed by atoms with E-state index in [9.17, 15) is 8.78 Å². The van der Waals surface area contributed by atoms with Gasteiger partial charge < -0.3 is 4.74 Å². The number of rotatable bonds is 2. The molecule has 1 heterocycles. The van der Waals surface area contributed by atoms with Crippen LogP contribution in [-0.2, 0) is 0 Å². The molecule has 2 aromatic rings. The third-order valence-electron chi connectivity index (χ3n) is 2.20. The van der Waals surface area contributed by atoms with Gasteiger partial charge in [-0.1, -0.05) is 6.07 Å². The van der Waals surface area contributed by atoms with Crippen molar-refractivity contribution in [3.63, 3.8) is 0 Å². The number of hydrogen-bond acceptors (Lipinski definition) is 2. The first-order chi connectivity index (χ1) is 7.72. The van der Waals surface area contributed by atoms with E-state index in [4.69, 9.17) is 4.74 Å². The summed E-state index contributed by atoms with van der Waals surface area (Å²) in [6, 6.07) is 5.51. The highest BCUT2D eigenvalue weighted by Crippen LogP contribution is 2.28. The lowest BCUT2D eigenvalue weighted by Crippen LogP contribution is -1.93. The first kappa shape index (κ1) is 10.5. The van der Waals surface area contributed by atoms with E-state index in [0.29, 0.717) is 5.56 Å². The number of nitrogens with zero attached hydrogens (tertiary/aromatic N) is 1. The summed E-state index contributed by atoms with van der Waals surface area (Å²) in [7, 11) is 1.36. The number of ether oxygens (including phenoxy) is 1. The molecule has 0 amide bonds. The Kier molecular flexibility index (Phi) is 2.81. The SMILES string of the molecule is COc1cc(F)c(-c2cccnc2)c(F)c1. The minimum Gasteiger partial charge on any atom is -0.497 e. The van der Waals surface area contributed by atoms with E-state index < -0.39 is 11.6 Å². The summed E-state index contributed by atoms with van der Waals surface area (Å²) < 4.78 is 32.0. The Morgan fingerprint density at radius 2 is 1.88 bits per heavy atom.